The van der Waals surface area contributed by atoms with Crippen molar-refractivity contribution >= 4 is 23.5 Å². The number of halogens is 8. The first kappa shape index (κ1) is 15.5. The fraction of sp³-hybridized carbons (Fsp3) is 0. The lowest BCUT2D eigenvalue weighted by molar-refractivity contribution is 0.378. The molecular formula is C12F8S2. The zero-order chi connectivity index (χ0) is 16.3. The van der Waals surface area contributed by atoms with Gasteiger partial charge in [-0.25, -0.2) is 35.1 Å². The average Bonchev–Trinajstić information content (AvgIpc) is 2.52. The molecule has 116 valence electrons. The molecule has 0 nitrogen and oxygen atoms in total. The molecule has 0 spiro atoms. The Morgan fingerprint density at radius 1 is 0.318 bits per heavy atom. The van der Waals surface area contributed by atoms with E-state index in [4.69, 9.17) is 0 Å². The second kappa shape index (κ2) is 5.05. The third kappa shape index (κ3) is 1.93. The third-order valence-corrected chi connectivity index (χ3v) is 5.38. The van der Waals surface area contributed by atoms with Crippen LogP contribution in [0.2, 0.25) is 0 Å². The molecule has 2 aromatic carbocycles. The average molecular weight is 360 g/mol. The normalized spacial score (nSPS) is 13.1. The van der Waals surface area contributed by atoms with E-state index in [1.165, 1.54) is 0 Å². The lowest BCUT2D eigenvalue weighted by Crippen LogP contribution is -2.08. The van der Waals surface area contributed by atoms with E-state index < -0.39 is 66.1 Å². The zero-order valence-electron chi connectivity index (χ0n) is 9.84. The summed E-state index contributed by atoms with van der Waals surface area (Å²) in [4.78, 5) is -3.51. The van der Waals surface area contributed by atoms with Crippen LogP contribution in [0.25, 0.3) is 0 Å². The molecule has 3 rings (SSSR count). The smallest absolute Gasteiger partial charge is 0.198 e. The van der Waals surface area contributed by atoms with Crippen LogP contribution in [0.4, 0.5) is 35.1 Å². The van der Waals surface area contributed by atoms with Gasteiger partial charge in [0, 0.05) is 0 Å². The fourth-order valence-corrected chi connectivity index (χ4v) is 4.11. The topological polar surface area (TPSA) is 0 Å². The van der Waals surface area contributed by atoms with Crippen LogP contribution in [0, 0.1) is 46.5 Å². The van der Waals surface area contributed by atoms with E-state index in [-0.39, 0.29) is 23.5 Å². The molecule has 0 atom stereocenters. The van der Waals surface area contributed by atoms with Crippen LogP contribution in [-0.2, 0) is 0 Å². The predicted molar refractivity (Wildman–Crippen MR) is 60.8 cm³/mol. The maximum absolute atomic E-state index is 13.6. The van der Waals surface area contributed by atoms with Gasteiger partial charge in [0.2, 0.25) is 0 Å². The van der Waals surface area contributed by atoms with Crippen LogP contribution in [0.1, 0.15) is 0 Å². The first-order valence-electron chi connectivity index (χ1n) is 5.33. The van der Waals surface area contributed by atoms with Crippen molar-refractivity contribution in [2.45, 2.75) is 19.6 Å². The number of hydrogen-bond donors (Lipinski definition) is 0. The quantitative estimate of drug-likeness (QED) is 0.298. The summed E-state index contributed by atoms with van der Waals surface area (Å²) in [6.45, 7) is 0. The minimum absolute atomic E-state index is 0.0544. The lowest BCUT2D eigenvalue weighted by Gasteiger charge is -2.21. The van der Waals surface area contributed by atoms with E-state index in [0.29, 0.717) is 0 Å². The van der Waals surface area contributed by atoms with Gasteiger partial charge in [-0.1, -0.05) is 23.5 Å². The van der Waals surface area contributed by atoms with E-state index in [2.05, 4.69) is 0 Å². The second-order valence-corrected chi connectivity index (χ2v) is 6.07. The first-order chi connectivity index (χ1) is 10.3. The van der Waals surface area contributed by atoms with Crippen molar-refractivity contribution in [3.8, 4) is 0 Å². The van der Waals surface area contributed by atoms with Crippen LogP contribution in [0.3, 0.4) is 0 Å². The number of hydrogen-bond acceptors (Lipinski definition) is 2. The molecule has 0 aromatic heterocycles. The van der Waals surface area contributed by atoms with Crippen molar-refractivity contribution in [1.29, 1.82) is 0 Å². The molecule has 0 bridgehead atoms. The Balaban J connectivity index is 2.32. The second-order valence-electron chi connectivity index (χ2n) is 4.03. The number of fused-ring (bicyclic) bond motifs is 2. The summed E-state index contributed by atoms with van der Waals surface area (Å²) >= 11 is -0.109. The van der Waals surface area contributed by atoms with Crippen LogP contribution < -0.4 is 0 Å². The van der Waals surface area contributed by atoms with Crippen molar-refractivity contribution in [1.82, 2.24) is 0 Å². The molecule has 0 saturated heterocycles. The standard InChI is InChI=1S/C12F8S2/c13-1-2(14)6(18)10-9(5(1)17)21-11-7(19)3(15)4(16)8(20)12(11)22-10. The van der Waals surface area contributed by atoms with Gasteiger partial charge >= 0.3 is 0 Å². The molecule has 1 aliphatic rings. The fourth-order valence-electron chi connectivity index (χ4n) is 1.75. The summed E-state index contributed by atoms with van der Waals surface area (Å²) in [5.41, 5.74) is 0. The molecule has 1 aliphatic heterocycles. The highest BCUT2D eigenvalue weighted by Crippen LogP contribution is 2.53. The predicted octanol–water partition coefficient (Wildman–Crippen LogP) is 5.42. The molecule has 22 heavy (non-hydrogen) atoms. The van der Waals surface area contributed by atoms with Gasteiger partial charge < -0.3 is 0 Å². The van der Waals surface area contributed by atoms with Crippen molar-refractivity contribution in [3.63, 3.8) is 0 Å². The first-order valence-corrected chi connectivity index (χ1v) is 6.96. The molecule has 2 aromatic rings. The van der Waals surface area contributed by atoms with Crippen molar-refractivity contribution in [3.05, 3.63) is 46.5 Å². The van der Waals surface area contributed by atoms with Gasteiger partial charge in [0.1, 0.15) is 0 Å². The summed E-state index contributed by atoms with van der Waals surface area (Å²) in [7, 11) is 0. The number of benzene rings is 2. The molecule has 0 unspecified atom stereocenters. The molecule has 10 heteroatoms. The SMILES string of the molecule is Fc1c(F)c(F)c2c(c1F)Sc1c(F)c(F)c(F)c(F)c1S2. The molecule has 1 heterocycles. The maximum atomic E-state index is 13.6. The summed E-state index contributed by atoms with van der Waals surface area (Å²) < 4.78 is 107. The molecule has 0 fully saturated rings. The van der Waals surface area contributed by atoms with Crippen molar-refractivity contribution < 1.29 is 35.1 Å². The van der Waals surface area contributed by atoms with Crippen LogP contribution in [-0.4, -0.2) is 0 Å². The van der Waals surface area contributed by atoms with Crippen LogP contribution in [0.15, 0.2) is 19.6 Å². The van der Waals surface area contributed by atoms with Gasteiger partial charge in [-0.2, -0.15) is 0 Å². The molecule has 0 saturated carbocycles. The Labute approximate surface area is 125 Å². The van der Waals surface area contributed by atoms with Gasteiger partial charge in [0.05, 0.1) is 19.6 Å². The van der Waals surface area contributed by atoms with Gasteiger partial charge in [0.15, 0.2) is 46.5 Å². The number of rotatable bonds is 0. The van der Waals surface area contributed by atoms with E-state index >= 15 is 0 Å². The summed E-state index contributed by atoms with van der Waals surface area (Å²) in [6.07, 6.45) is 0. The molecule has 0 radical (unpaired) electrons. The van der Waals surface area contributed by atoms with E-state index in [1.54, 1.807) is 0 Å². The highest BCUT2D eigenvalue weighted by atomic mass is 32.2. The largest absolute Gasteiger partial charge is 0.202 e. The summed E-state index contributed by atoms with van der Waals surface area (Å²) in [6, 6.07) is 0. The van der Waals surface area contributed by atoms with Crippen molar-refractivity contribution in [2.24, 2.45) is 0 Å². The highest BCUT2D eigenvalue weighted by Gasteiger charge is 2.36. The van der Waals surface area contributed by atoms with Crippen LogP contribution in [0.5, 0.6) is 0 Å². The highest BCUT2D eigenvalue weighted by molar-refractivity contribution is 8.05. The summed E-state index contributed by atoms with van der Waals surface area (Å²) in [5.74, 6) is -15.9. The lowest BCUT2D eigenvalue weighted by atomic mass is 10.3. The Morgan fingerprint density at radius 2 is 0.500 bits per heavy atom. The minimum Gasteiger partial charge on any atom is -0.202 e. The molecular weight excluding hydrogens is 360 g/mol. The minimum atomic E-state index is -2.14. The maximum Gasteiger partial charge on any atom is 0.198 e. The van der Waals surface area contributed by atoms with Gasteiger partial charge in [-0.05, 0) is 0 Å². The van der Waals surface area contributed by atoms with Gasteiger partial charge in [0.25, 0.3) is 0 Å². The Hall–Kier alpha value is -1.42. The molecule has 0 aliphatic carbocycles. The monoisotopic (exact) mass is 360 g/mol. The van der Waals surface area contributed by atoms with Crippen molar-refractivity contribution in [2.75, 3.05) is 0 Å². The Morgan fingerprint density at radius 3 is 0.682 bits per heavy atom. The summed E-state index contributed by atoms with van der Waals surface area (Å²) in [5, 5.41) is 0. The van der Waals surface area contributed by atoms with E-state index in [0.717, 1.165) is 0 Å². The molecule has 0 N–H and O–H groups in total. The third-order valence-electron chi connectivity index (χ3n) is 2.77. The molecule has 0 amide bonds. The van der Waals surface area contributed by atoms with Gasteiger partial charge in [-0.15, -0.1) is 0 Å². The zero-order valence-corrected chi connectivity index (χ0v) is 11.5. The van der Waals surface area contributed by atoms with E-state index in [9.17, 15) is 35.1 Å². The Kier molecular flexibility index (Phi) is 3.55. The van der Waals surface area contributed by atoms with Crippen LogP contribution >= 0.6 is 23.5 Å². The van der Waals surface area contributed by atoms with E-state index in [1.807, 2.05) is 0 Å². The van der Waals surface area contributed by atoms with Gasteiger partial charge in [-0.3, -0.25) is 0 Å². The Bertz CT molecular complexity index is 698.